The molecule has 34 heavy (non-hydrogen) atoms. The average molecular weight is 632 g/mol. The minimum atomic E-state index is -0.479. The second kappa shape index (κ2) is 10.7. The van der Waals surface area contributed by atoms with Gasteiger partial charge < -0.3 is 14.2 Å². The summed E-state index contributed by atoms with van der Waals surface area (Å²) in [6.07, 6.45) is 1.70. The van der Waals surface area contributed by atoms with Crippen molar-refractivity contribution in [2.75, 3.05) is 7.11 Å². The Balaban J connectivity index is 1.56. The third-order valence-corrected chi connectivity index (χ3v) is 6.63. The number of rotatable bonds is 7. The summed E-state index contributed by atoms with van der Waals surface area (Å²) in [5.74, 6) is 1.49. The SMILES string of the molecule is COc1cc(/C=C2\N=C(c3ccc(C(C)C)cc3)OC2=O)cc(I)c1OCc1ccc(Br)cc1. The van der Waals surface area contributed by atoms with Gasteiger partial charge in [0.25, 0.3) is 0 Å². The van der Waals surface area contributed by atoms with E-state index in [1.54, 1.807) is 13.2 Å². The number of hydrogen-bond acceptors (Lipinski definition) is 5. The van der Waals surface area contributed by atoms with Crippen LogP contribution in [0.4, 0.5) is 0 Å². The molecule has 0 saturated carbocycles. The molecule has 0 fully saturated rings. The van der Waals surface area contributed by atoms with Crippen LogP contribution in [0.15, 0.2) is 75.8 Å². The summed E-state index contributed by atoms with van der Waals surface area (Å²) in [4.78, 5) is 16.9. The summed E-state index contributed by atoms with van der Waals surface area (Å²) in [7, 11) is 1.59. The van der Waals surface area contributed by atoms with Gasteiger partial charge >= 0.3 is 5.97 Å². The van der Waals surface area contributed by atoms with Crippen molar-refractivity contribution in [1.82, 2.24) is 0 Å². The van der Waals surface area contributed by atoms with Crippen LogP contribution in [-0.4, -0.2) is 19.0 Å². The summed E-state index contributed by atoms with van der Waals surface area (Å²) in [5, 5.41) is 0. The van der Waals surface area contributed by atoms with E-state index in [1.807, 2.05) is 60.7 Å². The molecule has 0 bridgehead atoms. The van der Waals surface area contributed by atoms with Crippen LogP contribution >= 0.6 is 38.5 Å². The number of ether oxygens (including phenoxy) is 3. The van der Waals surface area contributed by atoms with E-state index in [2.05, 4.69) is 57.4 Å². The molecule has 0 unspecified atom stereocenters. The number of benzene rings is 3. The summed E-state index contributed by atoms with van der Waals surface area (Å²) in [6.45, 7) is 4.68. The number of esters is 1. The molecule has 174 valence electrons. The Morgan fingerprint density at radius 2 is 1.79 bits per heavy atom. The summed E-state index contributed by atoms with van der Waals surface area (Å²) in [5.41, 5.74) is 4.04. The van der Waals surface area contributed by atoms with Gasteiger partial charge in [-0.15, -0.1) is 0 Å². The predicted molar refractivity (Wildman–Crippen MR) is 145 cm³/mol. The van der Waals surface area contributed by atoms with Crippen molar-refractivity contribution >= 4 is 56.5 Å². The fourth-order valence-electron chi connectivity index (χ4n) is 3.40. The number of carbonyl (C=O) groups is 1. The molecule has 0 atom stereocenters. The number of hydrogen-bond donors (Lipinski definition) is 0. The molecule has 0 aromatic heterocycles. The van der Waals surface area contributed by atoms with Gasteiger partial charge in [-0.1, -0.05) is 54.0 Å². The van der Waals surface area contributed by atoms with E-state index in [9.17, 15) is 4.79 Å². The van der Waals surface area contributed by atoms with Gasteiger partial charge in [0.15, 0.2) is 17.2 Å². The molecule has 1 heterocycles. The normalized spacial score (nSPS) is 14.4. The number of halogens is 2. The van der Waals surface area contributed by atoms with Gasteiger partial charge in [0.2, 0.25) is 5.90 Å². The van der Waals surface area contributed by atoms with E-state index < -0.39 is 5.97 Å². The van der Waals surface area contributed by atoms with Crippen molar-refractivity contribution in [3.05, 3.63) is 96.7 Å². The number of cyclic esters (lactones) is 1. The van der Waals surface area contributed by atoms with Gasteiger partial charge in [-0.25, -0.2) is 9.79 Å². The summed E-state index contributed by atoms with van der Waals surface area (Å²) >= 11 is 5.64. The first kappa shape index (κ1) is 24.5. The van der Waals surface area contributed by atoms with Crippen molar-refractivity contribution in [3.63, 3.8) is 0 Å². The smallest absolute Gasteiger partial charge is 0.363 e. The molecule has 5 nitrogen and oxygen atoms in total. The third-order valence-electron chi connectivity index (χ3n) is 5.30. The first-order valence-corrected chi connectivity index (χ1v) is 12.6. The van der Waals surface area contributed by atoms with E-state index in [-0.39, 0.29) is 5.70 Å². The van der Waals surface area contributed by atoms with Crippen molar-refractivity contribution in [2.45, 2.75) is 26.4 Å². The number of aliphatic imine (C=N–C) groups is 1. The van der Waals surface area contributed by atoms with E-state index in [0.717, 1.165) is 24.7 Å². The van der Waals surface area contributed by atoms with Crippen LogP contribution in [0.5, 0.6) is 11.5 Å². The van der Waals surface area contributed by atoms with Crippen LogP contribution in [0, 0.1) is 3.57 Å². The number of methoxy groups -OCH3 is 1. The highest BCUT2D eigenvalue weighted by atomic mass is 127. The van der Waals surface area contributed by atoms with Gasteiger partial charge in [0.05, 0.1) is 10.7 Å². The highest BCUT2D eigenvalue weighted by molar-refractivity contribution is 14.1. The van der Waals surface area contributed by atoms with Gasteiger partial charge in [0, 0.05) is 10.0 Å². The van der Waals surface area contributed by atoms with E-state index >= 15 is 0 Å². The zero-order valence-corrected chi connectivity index (χ0v) is 22.7. The van der Waals surface area contributed by atoms with Crippen molar-refractivity contribution < 1.29 is 19.0 Å². The Bertz CT molecular complexity index is 1270. The molecule has 1 aliphatic rings. The molecule has 0 aliphatic carbocycles. The molecule has 1 aliphatic heterocycles. The maximum Gasteiger partial charge on any atom is 0.363 e. The first-order chi connectivity index (χ1) is 16.3. The van der Waals surface area contributed by atoms with Crippen LogP contribution in [-0.2, 0) is 16.1 Å². The lowest BCUT2D eigenvalue weighted by molar-refractivity contribution is -0.129. The molecule has 0 amide bonds. The zero-order valence-electron chi connectivity index (χ0n) is 19.0. The lowest BCUT2D eigenvalue weighted by atomic mass is 10.0. The molecule has 0 radical (unpaired) electrons. The van der Waals surface area contributed by atoms with E-state index in [4.69, 9.17) is 14.2 Å². The predicted octanol–water partition coefficient (Wildman–Crippen LogP) is 7.11. The zero-order chi connectivity index (χ0) is 24.2. The lowest BCUT2D eigenvalue weighted by Crippen LogP contribution is -2.05. The Morgan fingerprint density at radius 3 is 2.44 bits per heavy atom. The van der Waals surface area contributed by atoms with Crippen LogP contribution in [0.2, 0.25) is 0 Å². The minimum Gasteiger partial charge on any atom is -0.493 e. The molecule has 0 spiro atoms. The molecule has 7 heteroatoms. The quantitative estimate of drug-likeness (QED) is 0.158. The van der Waals surface area contributed by atoms with Crippen LogP contribution in [0.1, 0.15) is 42.0 Å². The molecular weight excluding hydrogens is 609 g/mol. The van der Waals surface area contributed by atoms with E-state index in [0.29, 0.717) is 29.9 Å². The maximum absolute atomic E-state index is 12.5. The highest BCUT2D eigenvalue weighted by Crippen LogP contribution is 2.35. The Morgan fingerprint density at radius 1 is 1.09 bits per heavy atom. The van der Waals surface area contributed by atoms with Crippen LogP contribution in [0.3, 0.4) is 0 Å². The van der Waals surface area contributed by atoms with Crippen LogP contribution < -0.4 is 9.47 Å². The first-order valence-electron chi connectivity index (χ1n) is 10.7. The number of carbonyl (C=O) groups excluding carboxylic acids is 1. The van der Waals surface area contributed by atoms with Gasteiger partial charge in [-0.3, -0.25) is 0 Å². The topological polar surface area (TPSA) is 57.1 Å². The number of nitrogens with zero attached hydrogens (tertiary/aromatic N) is 1. The Hall–Kier alpha value is -2.65. The van der Waals surface area contributed by atoms with Gasteiger partial charge in [-0.05, 0) is 87.7 Å². The fourth-order valence-corrected chi connectivity index (χ4v) is 4.45. The monoisotopic (exact) mass is 631 g/mol. The lowest BCUT2D eigenvalue weighted by Gasteiger charge is -2.14. The Labute approximate surface area is 221 Å². The highest BCUT2D eigenvalue weighted by Gasteiger charge is 2.24. The third kappa shape index (κ3) is 5.70. The largest absolute Gasteiger partial charge is 0.493 e. The van der Waals surface area contributed by atoms with Gasteiger partial charge in [0.1, 0.15) is 6.61 Å². The second-order valence-corrected chi connectivity index (χ2v) is 10.1. The molecule has 3 aromatic carbocycles. The standard InChI is InChI=1S/C27H23BrINO4/c1-16(2)19-6-8-20(9-7-19)26-30-23(27(31)34-26)13-18-12-22(29)25(24(14-18)32-3)33-15-17-4-10-21(28)11-5-17/h4-14,16H,15H2,1-3H3/b23-13-. The minimum absolute atomic E-state index is 0.240. The molecule has 0 N–H and O–H groups in total. The van der Waals surface area contributed by atoms with Gasteiger partial charge in [-0.2, -0.15) is 0 Å². The molecular formula is C27H23BrINO4. The average Bonchev–Trinajstić information content (AvgIpc) is 3.19. The van der Waals surface area contributed by atoms with Crippen LogP contribution in [0.25, 0.3) is 6.08 Å². The van der Waals surface area contributed by atoms with Crippen molar-refractivity contribution in [3.8, 4) is 11.5 Å². The van der Waals surface area contributed by atoms with E-state index in [1.165, 1.54) is 5.56 Å². The van der Waals surface area contributed by atoms with Crippen molar-refractivity contribution in [2.24, 2.45) is 4.99 Å². The fraction of sp³-hybridized carbons (Fsp3) is 0.185. The summed E-state index contributed by atoms with van der Waals surface area (Å²) in [6, 6.07) is 19.6. The Kier molecular flexibility index (Phi) is 7.73. The second-order valence-electron chi connectivity index (χ2n) is 8.06. The molecule has 4 rings (SSSR count). The summed E-state index contributed by atoms with van der Waals surface area (Å²) < 4.78 is 18.9. The molecule has 3 aromatic rings. The maximum atomic E-state index is 12.5. The molecule has 0 saturated heterocycles. The van der Waals surface area contributed by atoms with Crippen molar-refractivity contribution in [1.29, 1.82) is 0 Å².